The number of benzene rings is 1. The monoisotopic (exact) mass is 395 g/mol. The molecule has 28 heavy (non-hydrogen) atoms. The zero-order valence-electron chi connectivity index (χ0n) is 16.6. The smallest absolute Gasteiger partial charge is 0.271 e. The highest BCUT2D eigenvalue weighted by molar-refractivity contribution is 7.17. The average Bonchev–Trinajstić information content (AvgIpc) is 3.29. The lowest BCUT2D eigenvalue weighted by atomic mass is 10.2. The zero-order chi connectivity index (χ0) is 20.1. The normalized spacial score (nSPS) is 11.1. The van der Waals surface area contributed by atoms with Gasteiger partial charge in [0, 0.05) is 41.9 Å². The lowest BCUT2D eigenvalue weighted by Gasteiger charge is -2.16. The summed E-state index contributed by atoms with van der Waals surface area (Å²) in [6.07, 6.45) is 3.40. The summed E-state index contributed by atoms with van der Waals surface area (Å²) in [5, 5.41) is 5.03. The van der Waals surface area contributed by atoms with Crippen molar-refractivity contribution in [1.29, 1.82) is 0 Å². The first kappa shape index (κ1) is 19.8. The first-order chi connectivity index (χ1) is 13.5. The highest BCUT2D eigenvalue weighted by atomic mass is 32.1. The van der Waals surface area contributed by atoms with Gasteiger partial charge in [-0.05, 0) is 64.1 Å². The van der Waals surface area contributed by atoms with Crippen LogP contribution in [0.5, 0.6) is 0 Å². The van der Waals surface area contributed by atoms with Crippen molar-refractivity contribution in [2.75, 3.05) is 18.0 Å². The predicted molar refractivity (Wildman–Crippen MR) is 116 cm³/mol. The highest BCUT2D eigenvalue weighted by Crippen LogP contribution is 2.21. The molecule has 0 atom stereocenters. The SMILES string of the molecule is CCN(CC)c1ncc(/C=N/NC(=O)c2ccc(-n3c(C)ccc3C)cc2)s1. The van der Waals surface area contributed by atoms with Gasteiger partial charge in [-0.25, -0.2) is 10.4 Å². The van der Waals surface area contributed by atoms with Crippen LogP contribution in [0.1, 0.15) is 40.5 Å². The van der Waals surface area contributed by atoms with E-state index < -0.39 is 0 Å². The molecule has 3 aromatic rings. The number of aromatic nitrogens is 2. The van der Waals surface area contributed by atoms with Crippen molar-refractivity contribution in [1.82, 2.24) is 15.0 Å². The van der Waals surface area contributed by atoms with Crippen LogP contribution in [0, 0.1) is 13.8 Å². The van der Waals surface area contributed by atoms with Crippen molar-refractivity contribution in [3.8, 4) is 5.69 Å². The Kier molecular flexibility index (Phi) is 6.26. The number of amides is 1. The van der Waals surface area contributed by atoms with Gasteiger partial charge in [-0.1, -0.05) is 11.3 Å². The van der Waals surface area contributed by atoms with Gasteiger partial charge in [0.2, 0.25) is 0 Å². The van der Waals surface area contributed by atoms with Crippen LogP contribution in [0.4, 0.5) is 5.13 Å². The van der Waals surface area contributed by atoms with Crippen molar-refractivity contribution in [3.63, 3.8) is 0 Å². The molecule has 0 aliphatic carbocycles. The summed E-state index contributed by atoms with van der Waals surface area (Å²) >= 11 is 1.55. The molecule has 0 aliphatic heterocycles. The Morgan fingerprint density at radius 3 is 2.39 bits per heavy atom. The number of thiazole rings is 1. The van der Waals surface area contributed by atoms with Crippen LogP contribution in [-0.2, 0) is 0 Å². The van der Waals surface area contributed by atoms with Crippen molar-refractivity contribution >= 4 is 28.6 Å². The van der Waals surface area contributed by atoms with Gasteiger partial charge in [0.25, 0.3) is 5.91 Å². The Morgan fingerprint density at radius 2 is 1.79 bits per heavy atom. The number of nitrogens with one attached hydrogen (secondary N) is 1. The van der Waals surface area contributed by atoms with E-state index in [9.17, 15) is 4.79 Å². The Morgan fingerprint density at radius 1 is 1.14 bits per heavy atom. The number of anilines is 1. The molecule has 0 fully saturated rings. The van der Waals surface area contributed by atoms with Crippen molar-refractivity contribution < 1.29 is 4.79 Å². The summed E-state index contributed by atoms with van der Waals surface area (Å²) in [6, 6.07) is 11.7. The lowest BCUT2D eigenvalue weighted by molar-refractivity contribution is 0.0955. The molecule has 146 valence electrons. The largest absolute Gasteiger partial charge is 0.349 e. The van der Waals surface area contributed by atoms with Gasteiger partial charge in [-0.2, -0.15) is 5.10 Å². The Labute approximate surface area is 169 Å². The van der Waals surface area contributed by atoms with Gasteiger partial charge in [-0.15, -0.1) is 0 Å². The molecule has 7 heteroatoms. The van der Waals surface area contributed by atoms with E-state index in [0.29, 0.717) is 5.56 Å². The standard InChI is InChI=1S/C21H25N5OS/c1-5-25(6-2)21-22-13-19(28-21)14-23-24-20(27)17-9-11-18(12-10-17)26-15(3)7-8-16(26)4/h7-14H,5-6H2,1-4H3,(H,24,27)/b23-14+. The fourth-order valence-corrected chi connectivity index (χ4v) is 3.95. The number of carbonyl (C=O) groups is 1. The van der Waals surface area contributed by atoms with Gasteiger partial charge in [0.1, 0.15) is 0 Å². The second-order valence-corrected chi connectivity index (χ2v) is 7.46. The molecule has 1 N–H and O–H groups in total. The number of hydrogen-bond acceptors (Lipinski definition) is 5. The quantitative estimate of drug-likeness (QED) is 0.483. The summed E-state index contributed by atoms with van der Waals surface area (Å²) < 4.78 is 2.15. The number of rotatable bonds is 7. The van der Waals surface area contributed by atoms with Gasteiger partial charge in [0.05, 0.1) is 11.1 Å². The minimum Gasteiger partial charge on any atom is -0.349 e. The molecule has 1 amide bonds. The second kappa shape index (κ2) is 8.84. The minimum absolute atomic E-state index is 0.239. The molecule has 0 bridgehead atoms. The summed E-state index contributed by atoms with van der Waals surface area (Å²) in [5.74, 6) is -0.239. The average molecular weight is 396 g/mol. The van der Waals surface area contributed by atoms with Gasteiger partial charge < -0.3 is 9.47 Å². The molecule has 2 aromatic heterocycles. The van der Waals surface area contributed by atoms with Crippen LogP contribution in [0.2, 0.25) is 0 Å². The van der Waals surface area contributed by atoms with E-state index in [1.807, 2.05) is 24.3 Å². The molecule has 0 saturated carbocycles. The van der Waals surface area contributed by atoms with E-state index in [0.717, 1.165) is 40.2 Å². The molecule has 0 unspecified atom stereocenters. The van der Waals surface area contributed by atoms with E-state index in [4.69, 9.17) is 0 Å². The van der Waals surface area contributed by atoms with Crippen molar-refractivity contribution in [2.24, 2.45) is 5.10 Å². The molecule has 0 aliphatic rings. The highest BCUT2D eigenvalue weighted by Gasteiger charge is 2.08. The third-order valence-corrected chi connectivity index (χ3v) is 5.55. The Hall–Kier alpha value is -2.93. The van der Waals surface area contributed by atoms with Crippen LogP contribution in [-0.4, -0.2) is 34.8 Å². The first-order valence-electron chi connectivity index (χ1n) is 9.33. The Bertz CT molecular complexity index is 948. The number of aryl methyl sites for hydroxylation is 2. The molecule has 1 aromatic carbocycles. The lowest BCUT2D eigenvalue weighted by Crippen LogP contribution is -2.21. The maximum Gasteiger partial charge on any atom is 0.271 e. The van der Waals surface area contributed by atoms with Crippen molar-refractivity contribution in [3.05, 3.63) is 64.4 Å². The van der Waals surface area contributed by atoms with E-state index in [1.54, 1.807) is 23.7 Å². The molecule has 0 saturated heterocycles. The Balaban J connectivity index is 1.63. The van der Waals surface area contributed by atoms with Crippen LogP contribution in [0.15, 0.2) is 47.7 Å². The van der Waals surface area contributed by atoms with Gasteiger partial charge >= 0.3 is 0 Å². The molecule has 6 nitrogen and oxygen atoms in total. The third kappa shape index (κ3) is 4.31. The number of hydrogen-bond donors (Lipinski definition) is 1. The minimum atomic E-state index is -0.239. The van der Waals surface area contributed by atoms with E-state index in [1.165, 1.54) is 0 Å². The van der Waals surface area contributed by atoms with E-state index in [2.05, 4.69) is 64.8 Å². The fourth-order valence-electron chi connectivity index (χ4n) is 3.03. The zero-order valence-corrected chi connectivity index (χ0v) is 17.5. The summed E-state index contributed by atoms with van der Waals surface area (Å²) in [7, 11) is 0. The number of hydrazone groups is 1. The summed E-state index contributed by atoms with van der Waals surface area (Å²) in [5.41, 5.74) is 6.50. The molecule has 3 rings (SSSR count). The molecule has 0 spiro atoms. The van der Waals surface area contributed by atoms with Gasteiger partial charge in [-0.3, -0.25) is 4.79 Å². The second-order valence-electron chi connectivity index (χ2n) is 6.42. The predicted octanol–water partition coefficient (Wildman–Crippen LogP) is 4.16. The molecular formula is C21H25N5OS. The number of carbonyl (C=O) groups excluding carboxylic acids is 1. The summed E-state index contributed by atoms with van der Waals surface area (Å²) in [6.45, 7) is 10.2. The van der Waals surface area contributed by atoms with E-state index >= 15 is 0 Å². The molecular weight excluding hydrogens is 370 g/mol. The molecule has 2 heterocycles. The first-order valence-corrected chi connectivity index (χ1v) is 10.1. The van der Waals surface area contributed by atoms with Crippen LogP contribution >= 0.6 is 11.3 Å². The van der Waals surface area contributed by atoms with Gasteiger partial charge in [0.15, 0.2) is 5.13 Å². The number of nitrogens with zero attached hydrogens (tertiary/aromatic N) is 4. The fraction of sp³-hybridized carbons (Fsp3) is 0.286. The summed E-state index contributed by atoms with van der Waals surface area (Å²) in [4.78, 5) is 19.8. The third-order valence-electron chi connectivity index (χ3n) is 4.56. The topological polar surface area (TPSA) is 62.5 Å². The van der Waals surface area contributed by atoms with Crippen LogP contribution in [0.25, 0.3) is 5.69 Å². The maximum atomic E-state index is 12.3. The van der Waals surface area contributed by atoms with Crippen LogP contribution < -0.4 is 10.3 Å². The van der Waals surface area contributed by atoms with Crippen LogP contribution in [0.3, 0.4) is 0 Å². The molecule has 0 radical (unpaired) electrons. The maximum absolute atomic E-state index is 12.3. The van der Waals surface area contributed by atoms with E-state index in [-0.39, 0.29) is 5.91 Å². The van der Waals surface area contributed by atoms with Crippen molar-refractivity contribution in [2.45, 2.75) is 27.7 Å².